The number of rotatable bonds is 8. The second kappa shape index (κ2) is 9.50. The Labute approximate surface area is 183 Å². The van der Waals surface area contributed by atoms with Crippen molar-refractivity contribution < 1.29 is 9.18 Å². The van der Waals surface area contributed by atoms with Crippen LogP contribution in [0.3, 0.4) is 0 Å². The quantitative estimate of drug-likeness (QED) is 0.503. The highest BCUT2D eigenvalue weighted by Gasteiger charge is 2.45. The monoisotopic (exact) mass is 422 g/mol. The minimum absolute atomic E-state index is 0.126. The van der Waals surface area contributed by atoms with Crippen molar-refractivity contribution in [1.29, 1.82) is 0 Å². The number of nitrogens with zero attached hydrogens (tertiary/aromatic N) is 2. The molecule has 2 fully saturated rings. The summed E-state index contributed by atoms with van der Waals surface area (Å²) in [5.74, 6) is 0.871. The maximum Gasteiger partial charge on any atom is 0.222 e. The van der Waals surface area contributed by atoms with Gasteiger partial charge >= 0.3 is 0 Å². The SMILES string of the molecule is CCNC(=NCc1ccc(CN2CCCC2=O)cc1)NCC1(c2ccccc2F)CC1. The number of likely N-dealkylation sites (tertiary alicyclic amines) is 1. The van der Waals surface area contributed by atoms with Crippen LogP contribution in [-0.4, -0.2) is 36.4 Å². The highest BCUT2D eigenvalue weighted by Crippen LogP contribution is 2.48. The minimum atomic E-state index is -0.129. The van der Waals surface area contributed by atoms with E-state index in [9.17, 15) is 9.18 Å². The lowest BCUT2D eigenvalue weighted by Gasteiger charge is -2.19. The third-order valence-corrected chi connectivity index (χ3v) is 6.22. The van der Waals surface area contributed by atoms with Crippen LogP contribution in [-0.2, 0) is 23.3 Å². The van der Waals surface area contributed by atoms with Crippen molar-refractivity contribution in [3.63, 3.8) is 0 Å². The number of carbonyl (C=O) groups excluding carboxylic acids is 1. The normalized spacial score (nSPS) is 17.7. The summed E-state index contributed by atoms with van der Waals surface area (Å²) in [7, 11) is 0. The van der Waals surface area contributed by atoms with E-state index in [0.29, 0.717) is 26.1 Å². The fourth-order valence-corrected chi connectivity index (χ4v) is 4.19. The van der Waals surface area contributed by atoms with E-state index in [0.717, 1.165) is 55.0 Å². The number of benzene rings is 2. The Bertz CT molecular complexity index is 937. The molecule has 2 aromatic carbocycles. The van der Waals surface area contributed by atoms with Crippen LogP contribution in [0.5, 0.6) is 0 Å². The average Bonchev–Trinajstić information content (AvgIpc) is 3.46. The lowest BCUT2D eigenvalue weighted by molar-refractivity contribution is -0.128. The van der Waals surface area contributed by atoms with E-state index in [2.05, 4.69) is 34.9 Å². The molecule has 4 rings (SSSR count). The van der Waals surface area contributed by atoms with Crippen LogP contribution in [0.1, 0.15) is 49.3 Å². The molecule has 2 aromatic rings. The molecule has 2 aliphatic rings. The Kier molecular flexibility index (Phi) is 6.54. The molecule has 0 spiro atoms. The average molecular weight is 423 g/mol. The molecule has 1 heterocycles. The number of nitrogens with one attached hydrogen (secondary N) is 2. The summed E-state index contributed by atoms with van der Waals surface area (Å²) in [4.78, 5) is 18.4. The first-order valence-corrected chi connectivity index (χ1v) is 11.2. The number of guanidine groups is 1. The van der Waals surface area contributed by atoms with Gasteiger partial charge in [-0.3, -0.25) is 4.79 Å². The van der Waals surface area contributed by atoms with Gasteiger partial charge in [-0.1, -0.05) is 42.5 Å². The standard InChI is InChI=1S/C25H31FN4O/c1-2-27-24(29-18-25(13-14-25)21-6-3-4-7-22(21)26)28-16-19-9-11-20(12-10-19)17-30-15-5-8-23(30)31/h3-4,6-7,9-12H,2,5,8,13-18H2,1H3,(H2,27,28,29). The first-order valence-electron chi connectivity index (χ1n) is 11.2. The summed E-state index contributed by atoms with van der Waals surface area (Å²) >= 11 is 0. The number of amides is 1. The topological polar surface area (TPSA) is 56.7 Å². The third-order valence-electron chi connectivity index (χ3n) is 6.22. The van der Waals surface area contributed by atoms with E-state index >= 15 is 0 Å². The highest BCUT2D eigenvalue weighted by molar-refractivity contribution is 5.80. The first kappa shape index (κ1) is 21.3. The van der Waals surface area contributed by atoms with E-state index in [4.69, 9.17) is 4.99 Å². The van der Waals surface area contributed by atoms with Gasteiger partial charge in [0.2, 0.25) is 5.91 Å². The van der Waals surface area contributed by atoms with Crippen molar-refractivity contribution in [1.82, 2.24) is 15.5 Å². The first-order chi connectivity index (χ1) is 15.1. The number of hydrogen-bond donors (Lipinski definition) is 2. The Hall–Kier alpha value is -2.89. The molecular formula is C25H31FN4O. The summed E-state index contributed by atoms with van der Waals surface area (Å²) < 4.78 is 14.3. The fourth-order valence-electron chi connectivity index (χ4n) is 4.19. The molecule has 1 aliphatic carbocycles. The summed E-state index contributed by atoms with van der Waals surface area (Å²) in [6, 6.07) is 15.4. The Morgan fingerprint density at radius 2 is 1.84 bits per heavy atom. The maximum absolute atomic E-state index is 14.3. The van der Waals surface area contributed by atoms with E-state index in [-0.39, 0.29) is 17.1 Å². The lowest BCUT2D eigenvalue weighted by Crippen LogP contribution is -2.41. The minimum Gasteiger partial charge on any atom is -0.357 e. The van der Waals surface area contributed by atoms with Gasteiger partial charge in [0.25, 0.3) is 0 Å². The van der Waals surface area contributed by atoms with Crippen molar-refractivity contribution in [2.24, 2.45) is 4.99 Å². The largest absolute Gasteiger partial charge is 0.357 e. The second-order valence-corrected chi connectivity index (χ2v) is 8.54. The van der Waals surface area contributed by atoms with E-state index in [1.807, 2.05) is 24.0 Å². The molecule has 0 unspecified atom stereocenters. The molecule has 1 aliphatic heterocycles. The van der Waals surface area contributed by atoms with Crippen LogP contribution < -0.4 is 10.6 Å². The molecule has 2 N–H and O–H groups in total. The van der Waals surface area contributed by atoms with E-state index in [1.54, 1.807) is 6.07 Å². The third kappa shape index (κ3) is 5.24. The van der Waals surface area contributed by atoms with Gasteiger partial charge in [-0.15, -0.1) is 0 Å². The van der Waals surface area contributed by atoms with Crippen LogP contribution >= 0.6 is 0 Å². The van der Waals surface area contributed by atoms with Crippen LogP contribution in [0.25, 0.3) is 0 Å². The van der Waals surface area contributed by atoms with Crippen molar-refractivity contribution in [3.05, 3.63) is 71.0 Å². The maximum atomic E-state index is 14.3. The van der Waals surface area contributed by atoms with Crippen molar-refractivity contribution >= 4 is 11.9 Å². The zero-order valence-electron chi connectivity index (χ0n) is 18.2. The smallest absolute Gasteiger partial charge is 0.222 e. The predicted molar refractivity (Wildman–Crippen MR) is 121 cm³/mol. The number of halogens is 1. The molecule has 1 saturated carbocycles. The summed E-state index contributed by atoms with van der Waals surface area (Å²) in [5, 5.41) is 6.70. The van der Waals surface area contributed by atoms with Gasteiger partial charge in [0.05, 0.1) is 6.54 Å². The van der Waals surface area contributed by atoms with Gasteiger partial charge in [-0.2, -0.15) is 0 Å². The number of aliphatic imine (C=N–C) groups is 1. The van der Waals surface area contributed by atoms with Crippen LogP contribution in [0.15, 0.2) is 53.5 Å². The Balaban J connectivity index is 1.34. The zero-order valence-corrected chi connectivity index (χ0v) is 18.2. The number of hydrogen-bond acceptors (Lipinski definition) is 2. The summed E-state index contributed by atoms with van der Waals surface area (Å²) in [6.45, 7) is 5.58. The lowest BCUT2D eigenvalue weighted by atomic mass is 9.95. The second-order valence-electron chi connectivity index (χ2n) is 8.54. The molecule has 1 saturated heterocycles. The van der Waals surface area contributed by atoms with Crippen LogP contribution in [0, 0.1) is 5.82 Å². The number of carbonyl (C=O) groups is 1. The van der Waals surface area contributed by atoms with Gasteiger partial charge in [-0.05, 0) is 48.9 Å². The summed E-state index contributed by atoms with van der Waals surface area (Å²) in [6.07, 6.45) is 3.61. The van der Waals surface area contributed by atoms with Gasteiger partial charge < -0.3 is 15.5 Å². The van der Waals surface area contributed by atoms with Crippen LogP contribution in [0.2, 0.25) is 0 Å². The Morgan fingerprint density at radius 1 is 1.10 bits per heavy atom. The Morgan fingerprint density at radius 3 is 2.48 bits per heavy atom. The zero-order chi connectivity index (χ0) is 21.7. The molecule has 6 heteroatoms. The van der Waals surface area contributed by atoms with Gasteiger partial charge in [0.1, 0.15) is 5.82 Å². The summed E-state index contributed by atoms with van der Waals surface area (Å²) in [5.41, 5.74) is 2.93. The molecule has 31 heavy (non-hydrogen) atoms. The fraction of sp³-hybridized carbons (Fsp3) is 0.440. The molecule has 0 radical (unpaired) electrons. The predicted octanol–water partition coefficient (Wildman–Crippen LogP) is 3.74. The van der Waals surface area contributed by atoms with Crippen molar-refractivity contribution in [2.75, 3.05) is 19.6 Å². The molecule has 0 bridgehead atoms. The molecule has 0 atom stereocenters. The van der Waals surface area contributed by atoms with Crippen molar-refractivity contribution in [3.8, 4) is 0 Å². The molecule has 5 nitrogen and oxygen atoms in total. The molecule has 164 valence electrons. The molecule has 1 amide bonds. The van der Waals surface area contributed by atoms with E-state index in [1.165, 1.54) is 6.07 Å². The van der Waals surface area contributed by atoms with E-state index < -0.39 is 0 Å². The van der Waals surface area contributed by atoms with Gasteiger partial charge in [-0.25, -0.2) is 9.38 Å². The molecule has 0 aromatic heterocycles. The van der Waals surface area contributed by atoms with Gasteiger partial charge in [0, 0.05) is 38.0 Å². The van der Waals surface area contributed by atoms with Gasteiger partial charge in [0.15, 0.2) is 5.96 Å². The molecular weight excluding hydrogens is 391 g/mol. The van der Waals surface area contributed by atoms with Crippen molar-refractivity contribution in [2.45, 2.75) is 51.1 Å². The highest BCUT2D eigenvalue weighted by atomic mass is 19.1. The van der Waals surface area contributed by atoms with Crippen LogP contribution in [0.4, 0.5) is 4.39 Å².